The van der Waals surface area contributed by atoms with Crippen molar-refractivity contribution in [1.29, 1.82) is 0 Å². The average Bonchev–Trinajstić information content (AvgIpc) is 2.40. The summed E-state index contributed by atoms with van der Waals surface area (Å²) >= 11 is 0. The monoisotopic (exact) mass is 301 g/mol. The molecule has 0 amide bonds. The van der Waals surface area contributed by atoms with Crippen molar-refractivity contribution < 1.29 is 22.0 Å². The van der Waals surface area contributed by atoms with Gasteiger partial charge in [0.15, 0.2) is 11.6 Å². The molecule has 21 heavy (non-hydrogen) atoms. The van der Waals surface area contributed by atoms with Crippen molar-refractivity contribution in [2.24, 2.45) is 0 Å². The average molecular weight is 301 g/mol. The molecule has 0 aromatic heterocycles. The van der Waals surface area contributed by atoms with Crippen LogP contribution in [-0.2, 0) is 12.7 Å². The smallest absolute Gasteiger partial charge is 0.381 e. The Bertz CT molecular complexity index is 649. The molecule has 2 rings (SSSR count). The summed E-state index contributed by atoms with van der Waals surface area (Å²) in [6.07, 6.45) is -4.45. The number of rotatable bonds is 3. The molecule has 0 saturated heterocycles. The molecule has 0 aliphatic heterocycles. The standard InChI is InChI=1S/C15H12F5N/c1-9-5-6-11(15(18,19)20)7-13(9)21-8-10-3-2-4-12(16)14(10)17/h2-7,21H,8H2,1H3. The zero-order valence-electron chi connectivity index (χ0n) is 11.1. The molecular weight excluding hydrogens is 289 g/mol. The molecule has 0 unspecified atom stereocenters. The van der Waals surface area contributed by atoms with Gasteiger partial charge in [-0.15, -0.1) is 0 Å². The summed E-state index contributed by atoms with van der Waals surface area (Å²) in [6.45, 7) is 1.52. The van der Waals surface area contributed by atoms with Crippen LogP contribution >= 0.6 is 0 Å². The Morgan fingerprint density at radius 2 is 1.76 bits per heavy atom. The highest BCUT2D eigenvalue weighted by molar-refractivity contribution is 5.53. The summed E-state index contributed by atoms with van der Waals surface area (Å²) in [5.74, 6) is -2.00. The van der Waals surface area contributed by atoms with Crippen molar-refractivity contribution in [3.63, 3.8) is 0 Å². The first-order valence-corrected chi connectivity index (χ1v) is 6.13. The lowest BCUT2D eigenvalue weighted by Gasteiger charge is -2.13. The number of nitrogens with one attached hydrogen (secondary N) is 1. The summed E-state index contributed by atoms with van der Waals surface area (Å²) in [4.78, 5) is 0. The highest BCUT2D eigenvalue weighted by Gasteiger charge is 2.30. The third kappa shape index (κ3) is 3.51. The predicted octanol–water partition coefficient (Wildman–Crippen LogP) is 4.90. The van der Waals surface area contributed by atoms with Crippen LogP contribution in [0.2, 0.25) is 0 Å². The van der Waals surface area contributed by atoms with E-state index >= 15 is 0 Å². The molecule has 0 saturated carbocycles. The molecule has 2 aromatic rings. The Morgan fingerprint density at radius 1 is 1.05 bits per heavy atom. The number of aryl methyl sites for hydroxylation is 1. The van der Waals surface area contributed by atoms with Crippen molar-refractivity contribution >= 4 is 5.69 Å². The summed E-state index contributed by atoms with van der Waals surface area (Å²) in [7, 11) is 0. The molecule has 2 aromatic carbocycles. The van der Waals surface area contributed by atoms with Crippen LogP contribution in [-0.4, -0.2) is 0 Å². The van der Waals surface area contributed by atoms with Gasteiger partial charge in [0.25, 0.3) is 0 Å². The van der Waals surface area contributed by atoms with Crippen LogP contribution in [0.3, 0.4) is 0 Å². The number of anilines is 1. The van der Waals surface area contributed by atoms with Gasteiger partial charge in [0.05, 0.1) is 5.56 Å². The van der Waals surface area contributed by atoms with Crippen LogP contribution in [0, 0.1) is 18.6 Å². The van der Waals surface area contributed by atoms with Crippen LogP contribution in [0.4, 0.5) is 27.6 Å². The lowest BCUT2D eigenvalue weighted by molar-refractivity contribution is -0.137. The first-order valence-electron chi connectivity index (χ1n) is 6.13. The van der Waals surface area contributed by atoms with E-state index in [4.69, 9.17) is 0 Å². The molecule has 0 aliphatic carbocycles. The molecule has 1 N–H and O–H groups in total. The quantitative estimate of drug-likeness (QED) is 0.795. The van der Waals surface area contributed by atoms with Crippen LogP contribution in [0.25, 0.3) is 0 Å². The van der Waals surface area contributed by atoms with Crippen LogP contribution < -0.4 is 5.32 Å². The first kappa shape index (κ1) is 15.3. The van der Waals surface area contributed by atoms with Crippen molar-refractivity contribution in [3.8, 4) is 0 Å². The lowest BCUT2D eigenvalue weighted by atomic mass is 10.1. The minimum atomic E-state index is -4.45. The molecule has 112 valence electrons. The molecule has 0 bridgehead atoms. The van der Waals surface area contributed by atoms with Gasteiger partial charge in [0.2, 0.25) is 0 Å². The second kappa shape index (κ2) is 5.71. The highest BCUT2D eigenvalue weighted by Crippen LogP contribution is 2.32. The molecular formula is C15H12F5N. The van der Waals surface area contributed by atoms with Crippen molar-refractivity contribution in [1.82, 2.24) is 0 Å². The van der Waals surface area contributed by atoms with E-state index in [9.17, 15) is 22.0 Å². The number of halogens is 5. The van der Waals surface area contributed by atoms with Crippen molar-refractivity contribution in [3.05, 3.63) is 64.7 Å². The fraction of sp³-hybridized carbons (Fsp3) is 0.200. The zero-order chi connectivity index (χ0) is 15.6. The Kier molecular flexibility index (Phi) is 4.16. The number of benzene rings is 2. The minimum Gasteiger partial charge on any atom is -0.381 e. The van der Waals surface area contributed by atoms with E-state index < -0.39 is 23.4 Å². The topological polar surface area (TPSA) is 12.0 Å². The van der Waals surface area contributed by atoms with Crippen LogP contribution in [0.5, 0.6) is 0 Å². The maximum absolute atomic E-state index is 13.5. The Morgan fingerprint density at radius 3 is 2.43 bits per heavy atom. The van der Waals surface area contributed by atoms with Gasteiger partial charge < -0.3 is 5.32 Å². The van der Waals surface area contributed by atoms with E-state index in [0.29, 0.717) is 5.56 Å². The van der Waals surface area contributed by atoms with E-state index in [0.717, 1.165) is 18.2 Å². The third-order valence-electron chi connectivity index (χ3n) is 3.07. The van der Waals surface area contributed by atoms with Crippen LogP contribution in [0.15, 0.2) is 36.4 Å². The largest absolute Gasteiger partial charge is 0.416 e. The van der Waals surface area contributed by atoms with Gasteiger partial charge >= 0.3 is 6.18 Å². The number of hydrogen-bond acceptors (Lipinski definition) is 1. The van der Waals surface area contributed by atoms with Gasteiger partial charge in [-0.3, -0.25) is 0 Å². The van der Waals surface area contributed by atoms with Crippen LogP contribution in [0.1, 0.15) is 16.7 Å². The SMILES string of the molecule is Cc1ccc(C(F)(F)F)cc1NCc1cccc(F)c1F. The zero-order valence-corrected chi connectivity index (χ0v) is 11.1. The number of hydrogen-bond donors (Lipinski definition) is 1. The molecule has 1 nitrogen and oxygen atoms in total. The van der Waals surface area contributed by atoms with Crippen molar-refractivity contribution in [2.45, 2.75) is 19.6 Å². The molecule has 0 spiro atoms. The Balaban J connectivity index is 2.22. The molecule has 0 fully saturated rings. The first-order chi connectivity index (χ1) is 9.79. The molecule has 0 aliphatic rings. The summed E-state index contributed by atoms with van der Waals surface area (Å²) in [5.41, 5.74) is 0.0652. The van der Waals surface area contributed by atoms with Gasteiger partial charge in [-0.1, -0.05) is 18.2 Å². The van der Waals surface area contributed by atoms with Gasteiger partial charge in [0.1, 0.15) is 0 Å². The molecule has 0 heterocycles. The van der Waals surface area contributed by atoms with Gasteiger partial charge in [-0.05, 0) is 30.7 Å². The van der Waals surface area contributed by atoms with E-state index in [2.05, 4.69) is 5.32 Å². The normalized spacial score (nSPS) is 11.5. The summed E-state index contributed by atoms with van der Waals surface area (Å²) < 4.78 is 64.5. The summed E-state index contributed by atoms with van der Waals surface area (Å²) in [5, 5.41) is 2.70. The fourth-order valence-corrected chi connectivity index (χ4v) is 1.86. The second-order valence-electron chi connectivity index (χ2n) is 4.59. The predicted molar refractivity (Wildman–Crippen MR) is 69.9 cm³/mol. The molecule has 0 radical (unpaired) electrons. The Labute approximate surface area is 118 Å². The fourth-order valence-electron chi connectivity index (χ4n) is 1.86. The molecule has 0 atom stereocenters. The second-order valence-corrected chi connectivity index (χ2v) is 4.59. The van der Waals surface area contributed by atoms with Gasteiger partial charge in [0, 0.05) is 17.8 Å². The minimum absolute atomic E-state index is 0.0480. The summed E-state index contributed by atoms with van der Waals surface area (Å²) in [6, 6.07) is 6.94. The van der Waals surface area contributed by atoms with E-state index in [-0.39, 0.29) is 17.8 Å². The van der Waals surface area contributed by atoms with E-state index in [1.54, 1.807) is 6.92 Å². The van der Waals surface area contributed by atoms with Gasteiger partial charge in [-0.2, -0.15) is 13.2 Å². The maximum atomic E-state index is 13.5. The van der Waals surface area contributed by atoms with E-state index in [1.807, 2.05) is 0 Å². The van der Waals surface area contributed by atoms with Gasteiger partial charge in [-0.25, -0.2) is 8.78 Å². The van der Waals surface area contributed by atoms with E-state index in [1.165, 1.54) is 18.2 Å². The number of alkyl halides is 3. The molecule has 6 heteroatoms. The third-order valence-corrected chi connectivity index (χ3v) is 3.07. The van der Waals surface area contributed by atoms with Crippen molar-refractivity contribution in [2.75, 3.05) is 5.32 Å². The highest BCUT2D eigenvalue weighted by atomic mass is 19.4. The Hall–Kier alpha value is -2.11. The maximum Gasteiger partial charge on any atom is 0.416 e. The lowest BCUT2D eigenvalue weighted by Crippen LogP contribution is -2.08.